The van der Waals surface area contributed by atoms with Crippen LogP contribution in [0.5, 0.6) is 0 Å². The second-order valence-electron chi connectivity index (χ2n) is 3.94. The number of anilines is 1. The van der Waals surface area contributed by atoms with Gasteiger partial charge in [0, 0.05) is 31.0 Å². The Bertz CT molecular complexity index is 517. The van der Waals surface area contributed by atoms with Crippen LogP contribution in [0.1, 0.15) is 4.88 Å². The number of hydrogen-bond donors (Lipinski definition) is 0. The molecule has 0 radical (unpaired) electrons. The van der Waals surface area contributed by atoms with Gasteiger partial charge in [-0.1, -0.05) is 0 Å². The summed E-state index contributed by atoms with van der Waals surface area (Å²) < 4.78 is 5.13. The summed E-state index contributed by atoms with van der Waals surface area (Å²) in [6.07, 6.45) is 1.61. The zero-order valence-corrected chi connectivity index (χ0v) is 12.1. The minimum absolute atomic E-state index is 0.568. The summed E-state index contributed by atoms with van der Waals surface area (Å²) >= 11 is 7.54. The molecule has 0 aliphatic heterocycles. The van der Waals surface area contributed by atoms with Crippen molar-refractivity contribution < 1.29 is 4.74 Å². The van der Waals surface area contributed by atoms with Crippen molar-refractivity contribution in [3.05, 3.63) is 17.3 Å². The molecule has 4 nitrogen and oxygen atoms in total. The SMILES string of the molecule is COCCN(CCCl)c1ncnc2sc(C)cc12. The van der Waals surface area contributed by atoms with Gasteiger partial charge in [0.2, 0.25) is 0 Å². The van der Waals surface area contributed by atoms with E-state index >= 15 is 0 Å². The van der Waals surface area contributed by atoms with Gasteiger partial charge in [-0.25, -0.2) is 9.97 Å². The largest absolute Gasteiger partial charge is 0.383 e. The zero-order chi connectivity index (χ0) is 13.0. The number of thiophene rings is 1. The summed E-state index contributed by atoms with van der Waals surface area (Å²) in [4.78, 5) is 13.1. The van der Waals surface area contributed by atoms with Crippen LogP contribution < -0.4 is 4.90 Å². The minimum atomic E-state index is 0.568. The lowest BCUT2D eigenvalue weighted by Crippen LogP contribution is -2.30. The van der Waals surface area contributed by atoms with Crippen LogP contribution in [0.4, 0.5) is 5.82 Å². The van der Waals surface area contributed by atoms with E-state index in [1.807, 2.05) is 0 Å². The minimum Gasteiger partial charge on any atom is -0.383 e. The van der Waals surface area contributed by atoms with Gasteiger partial charge in [-0.05, 0) is 13.0 Å². The van der Waals surface area contributed by atoms with Crippen molar-refractivity contribution in [2.45, 2.75) is 6.92 Å². The number of methoxy groups -OCH3 is 1. The first-order valence-electron chi connectivity index (χ1n) is 5.77. The molecule has 0 unspecified atom stereocenters. The van der Waals surface area contributed by atoms with Gasteiger partial charge in [-0.2, -0.15) is 0 Å². The first kappa shape index (κ1) is 13.5. The van der Waals surface area contributed by atoms with Crippen LogP contribution in [0.25, 0.3) is 10.2 Å². The highest BCUT2D eigenvalue weighted by atomic mass is 35.5. The first-order valence-corrected chi connectivity index (χ1v) is 7.12. The Balaban J connectivity index is 2.36. The van der Waals surface area contributed by atoms with Gasteiger partial charge in [0.15, 0.2) is 0 Å². The first-order chi connectivity index (χ1) is 8.76. The number of fused-ring (bicyclic) bond motifs is 1. The average Bonchev–Trinajstić information content (AvgIpc) is 2.74. The molecule has 18 heavy (non-hydrogen) atoms. The molecule has 0 N–H and O–H groups in total. The van der Waals surface area contributed by atoms with E-state index in [2.05, 4.69) is 27.9 Å². The molecule has 2 rings (SSSR count). The van der Waals surface area contributed by atoms with Gasteiger partial charge >= 0.3 is 0 Å². The Hall–Kier alpha value is -0.910. The maximum atomic E-state index is 5.86. The number of alkyl halides is 1. The predicted octanol–water partition coefficient (Wildman–Crippen LogP) is 2.69. The lowest BCUT2D eigenvalue weighted by Gasteiger charge is -2.22. The smallest absolute Gasteiger partial charge is 0.140 e. The molecule has 0 fully saturated rings. The van der Waals surface area contributed by atoms with Crippen LogP contribution in [0.2, 0.25) is 0 Å². The predicted molar refractivity (Wildman–Crippen MR) is 77.0 cm³/mol. The molecule has 2 heterocycles. The number of nitrogens with zero attached hydrogens (tertiary/aromatic N) is 3. The number of aryl methyl sites for hydroxylation is 1. The highest BCUT2D eigenvalue weighted by Crippen LogP contribution is 2.29. The van der Waals surface area contributed by atoms with E-state index in [4.69, 9.17) is 16.3 Å². The molecule has 2 aromatic heterocycles. The van der Waals surface area contributed by atoms with E-state index in [0.717, 1.165) is 29.1 Å². The van der Waals surface area contributed by atoms with Crippen LogP contribution in [-0.4, -0.2) is 42.7 Å². The Kier molecular flexibility index (Phi) is 4.74. The van der Waals surface area contributed by atoms with E-state index in [-0.39, 0.29) is 0 Å². The molecule has 0 aromatic carbocycles. The average molecular weight is 286 g/mol. The van der Waals surface area contributed by atoms with E-state index in [1.165, 1.54) is 4.88 Å². The highest BCUT2D eigenvalue weighted by molar-refractivity contribution is 7.18. The van der Waals surface area contributed by atoms with Crippen molar-refractivity contribution in [1.82, 2.24) is 9.97 Å². The maximum absolute atomic E-state index is 5.86. The third-order valence-electron chi connectivity index (χ3n) is 2.65. The number of ether oxygens (including phenoxy) is 1. The number of aromatic nitrogens is 2. The molecule has 0 aliphatic rings. The molecule has 0 saturated heterocycles. The standard InChI is InChI=1S/C12H16ClN3OS/c1-9-7-10-11(14-8-15-12(10)18-9)16(4-3-13)5-6-17-2/h7-8H,3-6H2,1-2H3. The van der Waals surface area contributed by atoms with Crippen LogP contribution in [0, 0.1) is 6.92 Å². The molecular formula is C12H16ClN3OS. The fourth-order valence-corrected chi connectivity index (χ4v) is 2.89. The number of halogens is 1. The summed E-state index contributed by atoms with van der Waals surface area (Å²) in [6.45, 7) is 4.28. The monoisotopic (exact) mass is 285 g/mol. The normalized spacial score (nSPS) is 11.1. The summed E-state index contributed by atoms with van der Waals surface area (Å²) in [5.74, 6) is 1.51. The topological polar surface area (TPSA) is 38.2 Å². The summed E-state index contributed by atoms with van der Waals surface area (Å²) in [5, 5.41) is 1.10. The van der Waals surface area contributed by atoms with Crippen LogP contribution in [0.15, 0.2) is 12.4 Å². The number of rotatable bonds is 6. The molecule has 0 bridgehead atoms. The van der Waals surface area contributed by atoms with Crippen molar-refractivity contribution in [2.75, 3.05) is 37.6 Å². The number of hydrogen-bond acceptors (Lipinski definition) is 5. The maximum Gasteiger partial charge on any atom is 0.140 e. The summed E-state index contributed by atoms with van der Waals surface area (Å²) in [6, 6.07) is 2.13. The van der Waals surface area contributed by atoms with Gasteiger partial charge < -0.3 is 9.64 Å². The fourth-order valence-electron chi connectivity index (χ4n) is 1.84. The Labute approximate surface area is 116 Å². The Morgan fingerprint density at radius 2 is 2.22 bits per heavy atom. The molecule has 0 saturated carbocycles. The third kappa shape index (κ3) is 2.91. The van der Waals surface area contributed by atoms with Gasteiger partial charge in [-0.3, -0.25) is 0 Å². The zero-order valence-electron chi connectivity index (χ0n) is 10.5. The van der Waals surface area contributed by atoms with E-state index < -0.39 is 0 Å². The van der Waals surface area contributed by atoms with Gasteiger partial charge in [-0.15, -0.1) is 22.9 Å². The molecule has 0 spiro atoms. The third-order valence-corrected chi connectivity index (χ3v) is 3.78. The fraction of sp³-hybridized carbons (Fsp3) is 0.500. The van der Waals surface area contributed by atoms with Crippen LogP contribution in [-0.2, 0) is 4.74 Å². The van der Waals surface area contributed by atoms with Gasteiger partial charge in [0.1, 0.15) is 17.0 Å². The highest BCUT2D eigenvalue weighted by Gasteiger charge is 2.13. The van der Waals surface area contributed by atoms with E-state index in [1.54, 1.807) is 24.8 Å². The van der Waals surface area contributed by atoms with Crippen molar-refractivity contribution in [3.8, 4) is 0 Å². The summed E-state index contributed by atoms with van der Waals surface area (Å²) in [5.41, 5.74) is 0. The van der Waals surface area contributed by atoms with E-state index in [0.29, 0.717) is 12.5 Å². The Morgan fingerprint density at radius 1 is 1.39 bits per heavy atom. The summed E-state index contributed by atoms with van der Waals surface area (Å²) in [7, 11) is 1.70. The lowest BCUT2D eigenvalue weighted by atomic mass is 10.3. The molecule has 0 amide bonds. The quantitative estimate of drug-likeness (QED) is 0.765. The molecular weight excluding hydrogens is 270 g/mol. The molecule has 2 aromatic rings. The van der Waals surface area contributed by atoms with Crippen molar-refractivity contribution >= 4 is 39.0 Å². The van der Waals surface area contributed by atoms with Crippen molar-refractivity contribution in [3.63, 3.8) is 0 Å². The molecule has 6 heteroatoms. The second-order valence-corrected chi connectivity index (χ2v) is 5.55. The van der Waals surface area contributed by atoms with Crippen molar-refractivity contribution in [2.24, 2.45) is 0 Å². The van der Waals surface area contributed by atoms with Crippen molar-refractivity contribution in [1.29, 1.82) is 0 Å². The van der Waals surface area contributed by atoms with E-state index in [9.17, 15) is 0 Å². The van der Waals surface area contributed by atoms with Gasteiger partial charge in [0.25, 0.3) is 0 Å². The van der Waals surface area contributed by atoms with Gasteiger partial charge in [0.05, 0.1) is 12.0 Å². The lowest BCUT2D eigenvalue weighted by molar-refractivity contribution is 0.205. The molecule has 0 aliphatic carbocycles. The molecule has 0 atom stereocenters. The van der Waals surface area contributed by atoms with Crippen LogP contribution in [0.3, 0.4) is 0 Å². The Morgan fingerprint density at radius 3 is 2.94 bits per heavy atom. The molecule has 98 valence electrons. The van der Waals surface area contributed by atoms with Crippen LogP contribution >= 0.6 is 22.9 Å². The second kappa shape index (κ2) is 6.31.